The van der Waals surface area contributed by atoms with Crippen LogP contribution in [0.1, 0.15) is 16.7 Å². The Kier molecular flexibility index (Phi) is 4.61. The third kappa shape index (κ3) is 2.73. The molecule has 1 rings (SSSR count). The monoisotopic (exact) mass is 271 g/mol. The van der Waals surface area contributed by atoms with Crippen molar-refractivity contribution in [2.45, 2.75) is 20.3 Å². The molecule has 1 aromatic carbocycles. The van der Waals surface area contributed by atoms with Gasteiger partial charge in [0.2, 0.25) is 0 Å². The van der Waals surface area contributed by atoms with Gasteiger partial charge in [0.1, 0.15) is 5.75 Å². The summed E-state index contributed by atoms with van der Waals surface area (Å²) in [5.41, 5.74) is 3.72. The van der Waals surface area contributed by atoms with Crippen LogP contribution in [-0.2, 0) is 6.42 Å². The molecule has 0 heterocycles. The molecule has 84 valence electrons. The number of halogens is 1. The first-order valence-corrected chi connectivity index (χ1v) is 5.88. The Morgan fingerprint density at radius 1 is 1.40 bits per heavy atom. The van der Waals surface area contributed by atoms with Gasteiger partial charge in [-0.25, -0.2) is 0 Å². The zero-order valence-corrected chi connectivity index (χ0v) is 11.4. The molecule has 1 aromatic rings. The lowest BCUT2D eigenvalue weighted by Crippen LogP contribution is -2.11. The van der Waals surface area contributed by atoms with Gasteiger partial charge in [-0.1, -0.05) is 22.0 Å². The lowest BCUT2D eigenvalue weighted by molar-refractivity contribution is 0.405. The normalized spacial score (nSPS) is 10.5. The molecule has 0 unspecified atom stereocenters. The van der Waals surface area contributed by atoms with Crippen LogP contribution in [-0.4, -0.2) is 20.7 Å². The van der Waals surface area contributed by atoms with Crippen molar-refractivity contribution < 1.29 is 4.74 Å². The maximum absolute atomic E-state index is 5.45. The second-order valence-electron chi connectivity index (χ2n) is 3.68. The zero-order valence-electron chi connectivity index (χ0n) is 9.78. The number of likely N-dealkylation sites (N-methyl/N-ethyl adjacent to an activating group) is 1. The Balaban J connectivity index is 3.13. The topological polar surface area (TPSA) is 21.3 Å². The Labute approximate surface area is 100 Å². The average Bonchev–Trinajstić information content (AvgIpc) is 2.23. The van der Waals surface area contributed by atoms with Crippen molar-refractivity contribution in [2.24, 2.45) is 0 Å². The Bertz CT molecular complexity index is 350. The zero-order chi connectivity index (χ0) is 11.4. The minimum Gasteiger partial charge on any atom is -0.496 e. The van der Waals surface area contributed by atoms with Gasteiger partial charge in [0, 0.05) is 10.0 Å². The summed E-state index contributed by atoms with van der Waals surface area (Å²) in [6.07, 6.45) is 0.995. The van der Waals surface area contributed by atoms with E-state index in [2.05, 4.69) is 41.2 Å². The molecular weight excluding hydrogens is 254 g/mol. The predicted octanol–water partition coefficient (Wildman–Crippen LogP) is 2.84. The quantitative estimate of drug-likeness (QED) is 0.910. The van der Waals surface area contributed by atoms with Gasteiger partial charge in [0.05, 0.1) is 7.11 Å². The van der Waals surface area contributed by atoms with Gasteiger partial charge in [0.15, 0.2) is 0 Å². The van der Waals surface area contributed by atoms with Crippen LogP contribution in [0, 0.1) is 13.8 Å². The van der Waals surface area contributed by atoms with E-state index in [1.165, 1.54) is 16.7 Å². The second kappa shape index (κ2) is 5.52. The number of hydrogen-bond donors (Lipinski definition) is 1. The SMILES string of the molecule is CNCCc1cc(C)c(Br)c(C)c1OC. The first kappa shape index (κ1) is 12.5. The minimum absolute atomic E-state index is 0.969. The highest BCUT2D eigenvalue weighted by molar-refractivity contribution is 9.10. The summed E-state index contributed by atoms with van der Waals surface area (Å²) in [4.78, 5) is 0. The third-order valence-corrected chi connectivity index (χ3v) is 3.77. The van der Waals surface area contributed by atoms with Crippen molar-refractivity contribution >= 4 is 15.9 Å². The highest BCUT2D eigenvalue weighted by Gasteiger charge is 2.11. The van der Waals surface area contributed by atoms with Gasteiger partial charge < -0.3 is 10.1 Å². The van der Waals surface area contributed by atoms with Crippen LogP contribution < -0.4 is 10.1 Å². The fourth-order valence-electron chi connectivity index (χ4n) is 1.76. The summed E-state index contributed by atoms with van der Waals surface area (Å²) in [7, 11) is 3.69. The van der Waals surface area contributed by atoms with Gasteiger partial charge in [-0.3, -0.25) is 0 Å². The first-order valence-electron chi connectivity index (χ1n) is 5.09. The van der Waals surface area contributed by atoms with Crippen molar-refractivity contribution in [3.8, 4) is 5.75 Å². The fourth-order valence-corrected chi connectivity index (χ4v) is 2.05. The Morgan fingerprint density at radius 2 is 2.07 bits per heavy atom. The number of hydrogen-bond acceptors (Lipinski definition) is 2. The molecule has 15 heavy (non-hydrogen) atoms. The van der Waals surface area contributed by atoms with E-state index in [4.69, 9.17) is 4.74 Å². The first-order chi connectivity index (χ1) is 7.11. The van der Waals surface area contributed by atoms with Crippen LogP contribution in [0.15, 0.2) is 10.5 Å². The number of aryl methyl sites for hydroxylation is 1. The number of benzene rings is 1. The van der Waals surface area contributed by atoms with E-state index in [0.29, 0.717) is 0 Å². The van der Waals surface area contributed by atoms with Crippen molar-refractivity contribution in [1.29, 1.82) is 0 Å². The van der Waals surface area contributed by atoms with Crippen molar-refractivity contribution in [1.82, 2.24) is 5.32 Å². The molecular formula is C12H18BrNO. The van der Waals surface area contributed by atoms with E-state index >= 15 is 0 Å². The molecule has 1 N–H and O–H groups in total. The number of nitrogens with one attached hydrogen (secondary N) is 1. The Hall–Kier alpha value is -0.540. The second-order valence-corrected chi connectivity index (χ2v) is 4.47. The van der Waals surface area contributed by atoms with Crippen molar-refractivity contribution in [2.75, 3.05) is 20.7 Å². The molecule has 0 aliphatic carbocycles. The molecule has 0 fully saturated rings. The maximum Gasteiger partial charge on any atom is 0.126 e. The standard InChI is InChI=1S/C12H18BrNO/c1-8-7-10(5-6-14-3)12(15-4)9(2)11(8)13/h7,14H,5-6H2,1-4H3. The predicted molar refractivity (Wildman–Crippen MR) is 67.8 cm³/mol. The van der Waals surface area contributed by atoms with E-state index in [1.54, 1.807) is 7.11 Å². The molecule has 0 aliphatic heterocycles. The number of ether oxygens (including phenoxy) is 1. The van der Waals surface area contributed by atoms with Crippen LogP contribution in [0.2, 0.25) is 0 Å². The van der Waals surface area contributed by atoms with E-state index in [1.807, 2.05) is 7.05 Å². The molecule has 0 aromatic heterocycles. The molecule has 0 radical (unpaired) electrons. The van der Waals surface area contributed by atoms with Gasteiger partial charge in [0.25, 0.3) is 0 Å². The third-order valence-electron chi connectivity index (χ3n) is 2.55. The van der Waals surface area contributed by atoms with Gasteiger partial charge in [-0.15, -0.1) is 0 Å². The molecule has 0 atom stereocenters. The van der Waals surface area contributed by atoms with Gasteiger partial charge >= 0.3 is 0 Å². The summed E-state index contributed by atoms with van der Waals surface area (Å²) in [6, 6.07) is 2.19. The lowest BCUT2D eigenvalue weighted by atomic mass is 10.0. The van der Waals surface area contributed by atoms with E-state index in [-0.39, 0.29) is 0 Å². The molecule has 0 saturated carbocycles. The molecule has 0 amide bonds. The van der Waals surface area contributed by atoms with Gasteiger partial charge in [-0.2, -0.15) is 0 Å². The van der Waals surface area contributed by atoms with Crippen LogP contribution >= 0.6 is 15.9 Å². The Morgan fingerprint density at radius 3 is 2.60 bits per heavy atom. The fraction of sp³-hybridized carbons (Fsp3) is 0.500. The number of rotatable bonds is 4. The van der Waals surface area contributed by atoms with Gasteiger partial charge in [-0.05, 0) is 45.0 Å². The summed E-state index contributed by atoms with van der Waals surface area (Å²) < 4.78 is 6.60. The van der Waals surface area contributed by atoms with E-state index in [0.717, 1.165) is 23.2 Å². The molecule has 0 saturated heterocycles. The van der Waals surface area contributed by atoms with Crippen molar-refractivity contribution in [3.63, 3.8) is 0 Å². The van der Waals surface area contributed by atoms with Crippen LogP contribution in [0.3, 0.4) is 0 Å². The molecule has 0 bridgehead atoms. The largest absolute Gasteiger partial charge is 0.496 e. The van der Waals surface area contributed by atoms with E-state index in [9.17, 15) is 0 Å². The molecule has 2 nitrogen and oxygen atoms in total. The van der Waals surface area contributed by atoms with E-state index < -0.39 is 0 Å². The summed E-state index contributed by atoms with van der Waals surface area (Å²) in [5.74, 6) is 1.00. The lowest BCUT2D eigenvalue weighted by Gasteiger charge is -2.14. The number of methoxy groups -OCH3 is 1. The molecule has 0 aliphatic rings. The van der Waals surface area contributed by atoms with Crippen molar-refractivity contribution in [3.05, 3.63) is 27.2 Å². The van der Waals surface area contributed by atoms with Crippen LogP contribution in [0.4, 0.5) is 0 Å². The highest BCUT2D eigenvalue weighted by Crippen LogP contribution is 2.32. The maximum atomic E-state index is 5.45. The minimum atomic E-state index is 0.969. The van der Waals surface area contributed by atoms with Crippen LogP contribution in [0.5, 0.6) is 5.75 Å². The smallest absolute Gasteiger partial charge is 0.126 e. The highest BCUT2D eigenvalue weighted by atomic mass is 79.9. The summed E-state index contributed by atoms with van der Waals surface area (Å²) in [6.45, 7) is 5.16. The van der Waals surface area contributed by atoms with Crippen LogP contribution in [0.25, 0.3) is 0 Å². The average molecular weight is 272 g/mol. The molecule has 3 heteroatoms. The summed E-state index contributed by atoms with van der Waals surface area (Å²) in [5, 5.41) is 3.15. The summed E-state index contributed by atoms with van der Waals surface area (Å²) >= 11 is 3.58. The molecule has 0 spiro atoms.